The van der Waals surface area contributed by atoms with Gasteiger partial charge in [-0.1, -0.05) is 56.9 Å². The maximum Gasteiger partial charge on any atom is 0.277 e. The fraction of sp³-hybridized carbons (Fsp3) is 0.667. The zero-order chi connectivity index (χ0) is 15.3. The van der Waals surface area contributed by atoms with Crippen molar-refractivity contribution in [3.63, 3.8) is 0 Å². The third-order valence-corrected chi connectivity index (χ3v) is 7.61. The molecular weight excluding hydrogens is 315 g/mol. The smallest absolute Gasteiger partial charge is 0.140 e. The van der Waals surface area contributed by atoms with Crippen LogP contribution >= 0.6 is 22.2 Å². The predicted molar refractivity (Wildman–Crippen MR) is 98.2 cm³/mol. The highest BCUT2D eigenvalue weighted by Gasteiger charge is 2.25. The first-order chi connectivity index (χ1) is 10.0. The van der Waals surface area contributed by atoms with Crippen molar-refractivity contribution in [2.45, 2.75) is 70.8 Å². The summed E-state index contributed by atoms with van der Waals surface area (Å²) in [6, 6.07) is 8.81. The van der Waals surface area contributed by atoms with E-state index >= 15 is 0 Å². The number of rotatable bonds is 6. The van der Waals surface area contributed by atoms with E-state index in [1.54, 1.807) is 0 Å². The minimum Gasteiger partial charge on any atom is -0.140 e. The van der Waals surface area contributed by atoms with Crippen LogP contribution in [-0.4, -0.2) is 6.69 Å². The molecule has 0 amide bonds. The van der Waals surface area contributed by atoms with Gasteiger partial charge in [-0.15, -0.1) is 22.2 Å². The minimum absolute atomic E-state index is 0.750. The van der Waals surface area contributed by atoms with Crippen molar-refractivity contribution in [2.75, 3.05) is 0 Å². The van der Waals surface area contributed by atoms with Crippen molar-refractivity contribution in [3.8, 4) is 0 Å². The van der Waals surface area contributed by atoms with E-state index in [9.17, 15) is 0 Å². The van der Waals surface area contributed by atoms with Gasteiger partial charge in [0.25, 0.3) is 6.69 Å². The molecule has 3 heteroatoms. The second-order valence-electron chi connectivity index (χ2n) is 6.72. The molecule has 0 aliphatic heterocycles. The average molecular weight is 343 g/mol. The van der Waals surface area contributed by atoms with E-state index in [1.165, 1.54) is 56.9 Å². The zero-order valence-corrected chi connectivity index (χ0v) is 15.9. The Kier molecular flexibility index (Phi) is 6.65. The van der Waals surface area contributed by atoms with Gasteiger partial charge in [-0.05, 0) is 54.8 Å². The molecule has 1 fully saturated rings. The third kappa shape index (κ3) is 5.30. The highest BCUT2D eigenvalue weighted by atomic mass is 35.7. The summed E-state index contributed by atoms with van der Waals surface area (Å²) in [6.45, 7) is 2.06. The summed E-state index contributed by atoms with van der Waals surface area (Å²) < 4.78 is 0. The summed E-state index contributed by atoms with van der Waals surface area (Å²) in [4.78, 5) is 0. The fourth-order valence-corrected chi connectivity index (χ4v) is 5.02. The molecule has 118 valence electrons. The van der Waals surface area contributed by atoms with E-state index in [-0.39, 0.29) is 0 Å². The molecule has 1 saturated carbocycles. The monoisotopic (exact) mass is 342 g/mol. The molecule has 0 aromatic heterocycles. The Hall–Kier alpha value is 0.0169. The van der Waals surface area contributed by atoms with Gasteiger partial charge < -0.3 is 0 Å². The minimum atomic E-state index is -2.19. The van der Waals surface area contributed by atoms with Gasteiger partial charge in [-0.25, -0.2) is 0 Å². The van der Waals surface area contributed by atoms with Crippen LogP contribution in [0.25, 0.3) is 0 Å². The van der Waals surface area contributed by atoms with E-state index < -0.39 is 6.69 Å². The van der Waals surface area contributed by atoms with Crippen LogP contribution in [0.1, 0.15) is 69.8 Å². The Morgan fingerprint density at radius 2 is 1.62 bits per heavy atom. The van der Waals surface area contributed by atoms with Gasteiger partial charge in [-0.3, -0.25) is 0 Å². The first kappa shape index (κ1) is 17.4. The molecule has 0 radical (unpaired) electrons. The summed E-state index contributed by atoms with van der Waals surface area (Å²) in [5.74, 6) is 1.73. The Morgan fingerprint density at radius 3 is 2.14 bits per heavy atom. The molecule has 2 rings (SSSR count). The van der Waals surface area contributed by atoms with E-state index in [4.69, 9.17) is 22.2 Å². The van der Waals surface area contributed by atoms with Crippen molar-refractivity contribution in [3.05, 3.63) is 29.8 Å². The van der Waals surface area contributed by atoms with E-state index in [2.05, 4.69) is 31.2 Å². The lowest BCUT2D eigenvalue weighted by Gasteiger charge is -2.29. The van der Waals surface area contributed by atoms with Crippen LogP contribution < -0.4 is 5.19 Å². The lowest BCUT2D eigenvalue weighted by Crippen LogP contribution is -2.32. The van der Waals surface area contributed by atoms with E-state index in [0.29, 0.717) is 0 Å². The van der Waals surface area contributed by atoms with Gasteiger partial charge in [0.1, 0.15) is 0 Å². The summed E-state index contributed by atoms with van der Waals surface area (Å²) in [7, 11) is 0. The normalized spacial score (nSPS) is 23.2. The van der Waals surface area contributed by atoms with Crippen LogP contribution in [0.15, 0.2) is 24.3 Å². The molecule has 1 aliphatic rings. The molecule has 0 heterocycles. The Labute approximate surface area is 140 Å². The summed E-state index contributed by atoms with van der Waals surface area (Å²) in [6.07, 6.45) is 11.1. The summed E-state index contributed by atoms with van der Waals surface area (Å²) >= 11 is 12.6. The van der Waals surface area contributed by atoms with Gasteiger partial charge in [-0.2, -0.15) is 0 Å². The molecule has 1 aromatic rings. The molecule has 0 saturated heterocycles. The van der Waals surface area contributed by atoms with Gasteiger partial charge >= 0.3 is 0 Å². The number of halogens is 2. The molecule has 1 aliphatic carbocycles. The second-order valence-corrected chi connectivity index (χ2v) is 14.2. The molecule has 0 spiro atoms. The molecule has 0 unspecified atom stereocenters. The molecular formula is C18H28Cl2Si. The Bertz CT molecular complexity index is 414. The van der Waals surface area contributed by atoms with Crippen LogP contribution in [0, 0.1) is 5.92 Å². The molecule has 1 aromatic carbocycles. The number of benzene rings is 1. The van der Waals surface area contributed by atoms with Crippen molar-refractivity contribution in [1.29, 1.82) is 0 Å². The Morgan fingerprint density at radius 1 is 1.00 bits per heavy atom. The average Bonchev–Trinajstić information content (AvgIpc) is 2.48. The number of hydrogen-bond donors (Lipinski definition) is 0. The van der Waals surface area contributed by atoms with Crippen LogP contribution in [-0.2, 0) is 0 Å². The van der Waals surface area contributed by atoms with Crippen LogP contribution in [0.2, 0.25) is 6.55 Å². The molecule has 0 atom stereocenters. The number of hydrogen-bond acceptors (Lipinski definition) is 0. The maximum atomic E-state index is 6.28. The molecule has 21 heavy (non-hydrogen) atoms. The standard InChI is InChI=1S/C18H28Cl2Si/c1-3-4-5-6-15-7-9-16(10-8-15)17-11-13-18(14-12-17)21(2,19)20/h11-16H,3-10H2,1-2H3. The van der Waals surface area contributed by atoms with Crippen molar-refractivity contribution in [2.24, 2.45) is 5.92 Å². The molecule has 0 N–H and O–H groups in total. The first-order valence-corrected chi connectivity index (χ1v) is 13.0. The van der Waals surface area contributed by atoms with E-state index in [1.807, 2.05) is 6.55 Å². The lowest BCUT2D eigenvalue weighted by molar-refractivity contribution is 0.303. The lowest BCUT2D eigenvalue weighted by atomic mass is 9.77. The predicted octanol–water partition coefficient (Wildman–Crippen LogP) is 6.30. The van der Waals surface area contributed by atoms with Crippen LogP contribution in [0.4, 0.5) is 0 Å². The van der Waals surface area contributed by atoms with Gasteiger partial charge in [0.2, 0.25) is 0 Å². The fourth-order valence-electron chi connectivity index (χ4n) is 3.52. The number of unbranched alkanes of at least 4 members (excludes halogenated alkanes) is 2. The van der Waals surface area contributed by atoms with Gasteiger partial charge in [0, 0.05) is 0 Å². The SMILES string of the molecule is CCCCCC1CCC(c2ccc([Si](C)(Cl)Cl)cc2)CC1. The van der Waals surface area contributed by atoms with Gasteiger partial charge in [0.05, 0.1) is 0 Å². The van der Waals surface area contributed by atoms with Crippen molar-refractivity contribution < 1.29 is 0 Å². The highest BCUT2D eigenvalue weighted by molar-refractivity contribution is 7.50. The topological polar surface area (TPSA) is 0 Å². The van der Waals surface area contributed by atoms with Crippen molar-refractivity contribution in [1.82, 2.24) is 0 Å². The maximum absolute atomic E-state index is 6.28. The summed E-state index contributed by atoms with van der Waals surface area (Å²) in [5.41, 5.74) is 1.48. The van der Waals surface area contributed by atoms with E-state index in [0.717, 1.165) is 17.0 Å². The highest BCUT2D eigenvalue weighted by Crippen LogP contribution is 2.37. The van der Waals surface area contributed by atoms with Crippen LogP contribution in [0.3, 0.4) is 0 Å². The first-order valence-electron chi connectivity index (χ1n) is 8.49. The molecule has 0 nitrogen and oxygen atoms in total. The van der Waals surface area contributed by atoms with Crippen molar-refractivity contribution >= 4 is 34.0 Å². The molecule has 0 bridgehead atoms. The second kappa shape index (κ2) is 8.03. The zero-order valence-electron chi connectivity index (χ0n) is 13.4. The quantitative estimate of drug-likeness (QED) is 0.323. The Balaban J connectivity index is 1.85. The summed E-state index contributed by atoms with van der Waals surface area (Å²) in [5, 5.41) is 1.13. The van der Waals surface area contributed by atoms with Crippen LogP contribution in [0.5, 0.6) is 0 Å². The third-order valence-electron chi connectivity index (χ3n) is 4.95. The van der Waals surface area contributed by atoms with Gasteiger partial charge in [0.15, 0.2) is 0 Å². The largest absolute Gasteiger partial charge is 0.277 e.